The first-order valence-electron chi connectivity index (χ1n) is 12.3. The van der Waals surface area contributed by atoms with Gasteiger partial charge < -0.3 is 0 Å². The summed E-state index contributed by atoms with van der Waals surface area (Å²) in [6, 6.07) is 13.9. The number of benzene rings is 2. The van der Waals surface area contributed by atoms with Crippen LogP contribution in [0.15, 0.2) is 71.8 Å². The van der Waals surface area contributed by atoms with E-state index in [1.165, 1.54) is 80.9 Å². The van der Waals surface area contributed by atoms with E-state index < -0.39 is 0 Å². The lowest BCUT2D eigenvalue weighted by Gasteiger charge is -2.34. The van der Waals surface area contributed by atoms with Gasteiger partial charge in [0.15, 0.2) is 0 Å². The highest BCUT2D eigenvalue weighted by atomic mass is 14.4. The molecule has 2 aromatic rings. The molecule has 4 bridgehead atoms. The molecule has 0 saturated heterocycles. The highest BCUT2D eigenvalue weighted by Gasteiger charge is 2.34. The van der Waals surface area contributed by atoms with E-state index in [1.807, 2.05) is 0 Å². The predicted molar refractivity (Wildman–Crippen MR) is 138 cm³/mol. The molecule has 0 heteroatoms. The molecular formula is C32H31-. The van der Waals surface area contributed by atoms with Crippen molar-refractivity contribution in [3.05, 3.63) is 111 Å². The van der Waals surface area contributed by atoms with Crippen LogP contribution in [0.4, 0.5) is 0 Å². The van der Waals surface area contributed by atoms with Gasteiger partial charge >= 0.3 is 0 Å². The molecule has 0 heterocycles. The van der Waals surface area contributed by atoms with E-state index >= 15 is 0 Å². The molecule has 4 aliphatic carbocycles. The first-order valence-corrected chi connectivity index (χ1v) is 12.3. The largest absolute Gasteiger partial charge is 0.145 e. The molecule has 4 aliphatic rings. The average molecular weight is 416 g/mol. The summed E-state index contributed by atoms with van der Waals surface area (Å²) in [6.07, 6.45) is 17.8. The zero-order valence-corrected chi connectivity index (χ0v) is 19.5. The Morgan fingerprint density at radius 3 is 2.69 bits per heavy atom. The van der Waals surface area contributed by atoms with Crippen molar-refractivity contribution in [1.29, 1.82) is 0 Å². The molecule has 0 amide bonds. The van der Waals surface area contributed by atoms with Gasteiger partial charge in [0, 0.05) is 5.92 Å². The molecule has 2 aromatic carbocycles. The van der Waals surface area contributed by atoms with Crippen LogP contribution < -0.4 is 0 Å². The van der Waals surface area contributed by atoms with Gasteiger partial charge in [0.25, 0.3) is 0 Å². The minimum atomic E-state index is 0.491. The summed E-state index contributed by atoms with van der Waals surface area (Å²) in [4.78, 5) is 0. The molecule has 32 heavy (non-hydrogen) atoms. The fourth-order valence-corrected chi connectivity index (χ4v) is 6.24. The molecule has 0 N–H and O–H groups in total. The van der Waals surface area contributed by atoms with Crippen LogP contribution in [0.5, 0.6) is 0 Å². The third-order valence-corrected chi connectivity index (χ3v) is 8.00. The van der Waals surface area contributed by atoms with Gasteiger partial charge in [0.1, 0.15) is 0 Å². The molecule has 0 spiro atoms. The lowest BCUT2D eigenvalue weighted by atomic mass is 9.76. The summed E-state index contributed by atoms with van der Waals surface area (Å²) in [5.74, 6) is 1.95. The molecular weight excluding hydrogens is 384 g/mol. The van der Waals surface area contributed by atoms with Crippen LogP contribution in [-0.2, 0) is 6.42 Å². The number of allylic oxidation sites excluding steroid dienone is 9. The fraction of sp³-hybridized carbons (Fsp3) is 0.281. The van der Waals surface area contributed by atoms with Gasteiger partial charge in [-0.3, -0.25) is 0 Å². The third-order valence-electron chi connectivity index (χ3n) is 8.00. The number of rotatable bonds is 3. The van der Waals surface area contributed by atoms with Crippen molar-refractivity contribution in [2.45, 2.75) is 52.9 Å². The van der Waals surface area contributed by atoms with Gasteiger partial charge in [-0.1, -0.05) is 86.4 Å². The Hall–Kier alpha value is -2.99. The van der Waals surface area contributed by atoms with Crippen LogP contribution in [0.3, 0.4) is 0 Å². The SMILES string of the molecule is CCCC[C@@H]1C=Cc2cccc3c2C1=C1/C3=C2/C=CC=C(CCc3cccc1c3C)[C-]2C. The monoisotopic (exact) mass is 415 g/mol. The van der Waals surface area contributed by atoms with Gasteiger partial charge in [-0.05, 0) is 65.1 Å². The first-order chi connectivity index (χ1) is 15.7. The Bertz CT molecular complexity index is 1270. The molecule has 160 valence electrons. The zero-order chi connectivity index (χ0) is 21.8. The third kappa shape index (κ3) is 2.78. The Balaban J connectivity index is 1.74. The molecule has 0 radical (unpaired) electrons. The standard InChI is InChI=1S/C32H31/c1-4-5-9-25-19-18-24-12-8-15-28-29(24)30(25)32-27-14-7-11-23(21(27)3)17-16-22-10-6-13-26(20(22)2)31(28)32/h6-8,10-15,18-19,25H,4-5,9,16-17H2,1-3H3/q-1/b31-26-/t25-/m1/s1. The van der Waals surface area contributed by atoms with E-state index in [9.17, 15) is 0 Å². The second-order valence-electron chi connectivity index (χ2n) is 9.72. The highest BCUT2D eigenvalue weighted by Crippen LogP contribution is 2.57. The van der Waals surface area contributed by atoms with Crippen LogP contribution >= 0.6 is 0 Å². The maximum atomic E-state index is 2.48. The number of aryl methyl sites for hydroxylation is 1. The first kappa shape index (κ1) is 19.7. The number of fused-ring (bicyclic) bond motifs is 7. The van der Waals surface area contributed by atoms with Crippen LogP contribution in [0, 0.1) is 18.8 Å². The Labute approximate surface area is 192 Å². The van der Waals surface area contributed by atoms with Crippen molar-refractivity contribution in [2.75, 3.05) is 0 Å². The van der Waals surface area contributed by atoms with E-state index in [0.717, 1.165) is 12.8 Å². The molecule has 0 nitrogen and oxygen atoms in total. The van der Waals surface area contributed by atoms with Gasteiger partial charge in [-0.15, -0.1) is 35.3 Å². The van der Waals surface area contributed by atoms with Crippen molar-refractivity contribution >= 4 is 22.8 Å². The maximum absolute atomic E-state index is 2.48. The van der Waals surface area contributed by atoms with Gasteiger partial charge in [-0.2, -0.15) is 0 Å². The maximum Gasteiger partial charge on any atom is 0.00257 e. The van der Waals surface area contributed by atoms with Gasteiger partial charge in [0.2, 0.25) is 0 Å². The summed E-state index contributed by atoms with van der Waals surface area (Å²) in [5.41, 5.74) is 16.2. The highest BCUT2D eigenvalue weighted by molar-refractivity contribution is 6.25. The second-order valence-corrected chi connectivity index (χ2v) is 9.72. The van der Waals surface area contributed by atoms with E-state index in [0.29, 0.717) is 5.92 Å². The summed E-state index contributed by atoms with van der Waals surface area (Å²) >= 11 is 0. The molecule has 0 aliphatic heterocycles. The molecule has 0 aromatic heterocycles. The van der Waals surface area contributed by atoms with Crippen LogP contribution in [0.1, 0.15) is 72.9 Å². The van der Waals surface area contributed by atoms with Crippen LogP contribution in [0.2, 0.25) is 0 Å². The summed E-state index contributed by atoms with van der Waals surface area (Å²) in [5, 5.41) is 0. The van der Waals surface area contributed by atoms with E-state index in [2.05, 4.69) is 87.5 Å². The van der Waals surface area contributed by atoms with Crippen molar-refractivity contribution < 1.29 is 0 Å². The average Bonchev–Trinajstić information content (AvgIpc) is 3.15. The summed E-state index contributed by atoms with van der Waals surface area (Å²) in [6.45, 7) is 7.00. The quantitative estimate of drug-likeness (QED) is 0.441. The van der Waals surface area contributed by atoms with E-state index in [-0.39, 0.29) is 0 Å². The molecule has 0 fully saturated rings. The van der Waals surface area contributed by atoms with E-state index in [1.54, 1.807) is 5.57 Å². The minimum Gasteiger partial charge on any atom is -0.145 e. The lowest BCUT2D eigenvalue weighted by molar-refractivity contribution is 0.654. The number of unbranched alkanes of at least 4 members (excludes halogenated alkanes) is 1. The van der Waals surface area contributed by atoms with Crippen molar-refractivity contribution in [3.63, 3.8) is 0 Å². The lowest BCUT2D eigenvalue weighted by Crippen LogP contribution is -2.10. The minimum absolute atomic E-state index is 0.491. The van der Waals surface area contributed by atoms with E-state index in [4.69, 9.17) is 0 Å². The predicted octanol–water partition coefficient (Wildman–Crippen LogP) is 8.54. The molecule has 0 unspecified atom stereocenters. The van der Waals surface area contributed by atoms with Gasteiger partial charge in [-0.25, -0.2) is 0 Å². The van der Waals surface area contributed by atoms with Crippen molar-refractivity contribution in [2.24, 2.45) is 5.92 Å². The summed E-state index contributed by atoms with van der Waals surface area (Å²) < 4.78 is 0. The molecule has 1 atom stereocenters. The zero-order valence-electron chi connectivity index (χ0n) is 19.5. The van der Waals surface area contributed by atoms with Crippen LogP contribution in [0.25, 0.3) is 22.8 Å². The normalized spacial score (nSPS) is 22.7. The Kier molecular flexibility index (Phi) is 4.65. The molecule has 6 rings (SSSR count). The smallest absolute Gasteiger partial charge is 0.00257 e. The summed E-state index contributed by atoms with van der Waals surface area (Å²) in [7, 11) is 0. The Morgan fingerprint density at radius 2 is 1.81 bits per heavy atom. The van der Waals surface area contributed by atoms with Crippen molar-refractivity contribution in [1.82, 2.24) is 0 Å². The van der Waals surface area contributed by atoms with Crippen molar-refractivity contribution in [3.8, 4) is 0 Å². The molecule has 0 saturated carbocycles. The van der Waals surface area contributed by atoms with Crippen LogP contribution in [-0.4, -0.2) is 0 Å². The fourth-order valence-electron chi connectivity index (χ4n) is 6.24. The Morgan fingerprint density at radius 1 is 0.969 bits per heavy atom. The topological polar surface area (TPSA) is 0 Å². The number of hydrogen-bond acceptors (Lipinski definition) is 0. The second kappa shape index (κ2) is 7.55. The van der Waals surface area contributed by atoms with Gasteiger partial charge in [0.05, 0.1) is 0 Å². The number of hydrogen-bond donors (Lipinski definition) is 0.